The van der Waals surface area contributed by atoms with Crippen molar-refractivity contribution in [1.29, 1.82) is 0 Å². The van der Waals surface area contributed by atoms with E-state index in [1.54, 1.807) is 48.5 Å². The van der Waals surface area contributed by atoms with Crippen molar-refractivity contribution in [3.8, 4) is 0 Å². The zero-order valence-electron chi connectivity index (χ0n) is 15.4. The molecule has 0 radical (unpaired) electrons. The van der Waals surface area contributed by atoms with E-state index in [-0.39, 0.29) is 30.1 Å². The van der Waals surface area contributed by atoms with Crippen LogP contribution in [0.4, 0.5) is 0 Å². The summed E-state index contributed by atoms with van der Waals surface area (Å²) in [4.78, 5) is 37.3. The molecule has 0 atom stereocenters. The molecule has 0 aromatic heterocycles. The summed E-state index contributed by atoms with van der Waals surface area (Å²) in [7, 11) is 0. The number of amides is 1. The number of esters is 1. The molecule has 0 unspecified atom stereocenters. The van der Waals surface area contributed by atoms with Gasteiger partial charge < -0.3 is 10.1 Å². The summed E-state index contributed by atoms with van der Waals surface area (Å²) in [6, 6.07) is 22.7. The summed E-state index contributed by atoms with van der Waals surface area (Å²) in [5.41, 5.74) is 1.80. The summed E-state index contributed by atoms with van der Waals surface area (Å²) < 4.78 is 6.00. The van der Waals surface area contributed by atoms with E-state index < -0.39 is 11.9 Å². The van der Waals surface area contributed by atoms with Gasteiger partial charge in [0.2, 0.25) is 0 Å². The van der Waals surface area contributed by atoms with Crippen LogP contribution >= 0.6 is 15.9 Å². The molecule has 0 aliphatic heterocycles. The summed E-state index contributed by atoms with van der Waals surface area (Å²) in [6.07, 6.45) is 0. The molecule has 0 heterocycles. The van der Waals surface area contributed by atoms with Crippen molar-refractivity contribution in [2.45, 2.75) is 6.61 Å². The van der Waals surface area contributed by atoms with Gasteiger partial charge in [-0.3, -0.25) is 14.4 Å². The first-order valence-electron chi connectivity index (χ1n) is 8.91. The van der Waals surface area contributed by atoms with Crippen LogP contribution in [0, 0.1) is 0 Å². The number of benzene rings is 3. The average Bonchev–Trinajstić information content (AvgIpc) is 2.76. The number of nitrogens with one attached hydrogen (secondary N) is 1. The van der Waals surface area contributed by atoms with Crippen LogP contribution in [0.2, 0.25) is 0 Å². The zero-order chi connectivity index (χ0) is 20.6. The van der Waals surface area contributed by atoms with Crippen LogP contribution in [0.25, 0.3) is 0 Å². The third kappa shape index (κ3) is 5.62. The van der Waals surface area contributed by atoms with Crippen LogP contribution in [-0.2, 0) is 16.1 Å². The Morgan fingerprint density at radius 1 is 0.793 bits per heavy atom. The first-order valence-corrected chi connectivity index (χ1v) is 9.71. The highest BCUT2D eigenvalue weighted by Gasteiger charge is 2.18. The smallest absolute Gasteiger partial charge is 0.325 e. The number of carbonyl (C=O) groups excluding carboxylic acids is 3. The Kier molecular flexibility index (Phi) is 6.92. The Hall–Kier alpha value is -3.25. The molecule has 5 nitrogen and oxygen atoms in total. The van der Waals surface area contributed by atoms with Crippen LogP contribution in [0.1, 0.15) is 31.8 Å². The fourth-order valence-electron chi connectivity index (χ4n) is 2.67. The number of carbonyl (C=O) groups is 3. The standard InChI is InChI=1S/C23H18BrNO4/c24-18-12-10-17(11-13-18)22(27)19-8-4-5-9-20(19)23(28)25-14-21(26)29-15-16-6-2-1-3-7-16/h1-13H,14-15H2,(H,25,28). The fraction of sp³-hybridized carbons (Fsp3) is 0.0870. The first kappa shape index (κ1) is 20.5. The lowest BCUT2D eigenvalue weighted by Gasteiger charge is -2.10. The van der Waals surface area contributed by atoms with E-state index >= 15 is 0 Å². The molecular formula is C23H18BrNO4. The highest BCUT2D eigenvalue weighted by molar-refractivity contribution is 9.10. The molecule has 0 saturated heterocycles. The number of hydrogen-bond donors (Lipinski definition) is 1. The molecule has 0 saturated carbocycles. The second-order valence-corrected chi connectivity index (χ2v) is 7.13. The molecule has 0 aliphatic carbocycles. The normalized spacial score (nSPS) is 10.2. The summed E-state index contributed by atoms with van der Waals surface area (Å²) in [5.74, 6) is -1.34. The lowest BCUT2D eigenvalue weighted by atomic mass is 9.98. The Balaban J connectivity index is 1.63. The van der Waals surface area contributed by atoms with Gasteiger partial charge in [-0.05, 0) is 35.9 Å². The Labute approximate surface area is 176 Å². The third-order valence-corrected chi connectivity index (χ3v) is 4.69. The average molecular weight is 452 g/mol. The van der Waals surface area contributed by atoms with Crippen LogP contribution in [0.3, 0.4) is 0 Å². The zero-order valence-corrected chi connectivity index (χ0v) is 17.0. The van der Waals surface area contributed by atoms with Crippen molar-refractivity contribution in [2.75, 3.05) is 6.54 Å². The van der Waals surface area contributed by atoms with Crippen molar-refractivity contribution in [3.63, 3.8) is 0 Å². The number of rotatable bonds is 7. The van der Waals surface area contributed by atoms with Gasteiger partial charge in [0.15, 0.2) is 5.78 Å². The van der Waals surface area contributed by atoms with Crippen LogP contribution < -0.4 is 5.32 Å². The van der Waals surface area contributed by atoms with E-state index in [4.69, 9.17) is 4.74 Å². The van der Waals surface area contributed by atoms with Gasteiger partial charge in [0.25, 0.3) is 5.91 Å². The second-order valence-electron chi connectivity index (χ2n) is 6.21. The van der Waals surface area contributed by atoms with Crippen molar-refractivity contribution >= 4 is 33.6 Å². The van der Waals surface area contributed by atoms with Crippen molar-refractivity contribution in [2.24, 2.45) is 0 Å². The van der Waals surface area contributed by atoms with Crippen molar-refractivity contribution in [3.05, 3.63) is 106 Å². The largest absolute Gasteiger partial charge is 0.460 e. The number of ketones is 1. The molecule has 6 heteroatoms. The predicted molar refractivity (Wildman–Crippen MR) is 113 cm³/mol. The molecule has 1 N–H and O–H groups in total. The van der Waals surface area contributed by atoms with Gasteiger partial charge in [0.1, 0.15) is 13.2 Å². The van der Waals surface area contributed by atoms with Gasteiger partial charge in [-0.25, -0.2) is 0 Å². The first-order chi connectivity index (χ1) is 14.0. The monoisotopic (exact) mass is 451 g/mol. The molecule has 29 heavy (non-hydrogen) atoms. The van der Waals surface area contributed by atoms with E-state index in [9.17, 15) is 14.4 Å². The van der Waals surface area contributed by atoms with Crippen LogP contribution in [0.15, 0.2) is 83.3 Å². The Bertz CT molecular complexity index is 1020. The van der Waals surface area contributed by atoms with E-state index in [1.807, 2.05) is 30.3 Å². The molecule has 146 valence electrons. The predicted octanol–water partition coefficient (Wildman–Crippen LogP) is 4.15. The van der Waals surface area contributed by atoms with E-state index in [0.29, 0.717) is 5.56 Å². The Morgan fingerprint density at radius 2 is 1.41 bits per heavy atom. The number of ether oxygens (including phenoxy) is 1. The van der Waals surface area contributed by atoms with Gasteiger partial charge in [0, 0.05) is 15.6 Å². The van der Waals surface area contributed by atoms with Gasteiger partial charge in [-0.1, -0.05) is 64.5 Å². The molecule has 3 rings (SSSR count). The van der Waals surface area contributed by atoms with Gasteiger partial charge in [0.05, 0.1) is 5.56 Å². The molecule has 1 amide bonds. The fourth-order valence-corrected chi connectivity index (χ4v) is 2.94. The van der Waals surface area contributed by atoms with E-state index in [2.05, 4.69) is 21.2 Å². The maximum absolute atomic E-state index is 12.8. The minimum atomic E-state index is -0.557. The third-order valence-electron chi connectivity index (χ3n) is 4.16. The molecule has 0 spiro atoms. The minimum Gasteiger partial charge on any atom is -0.460 e. The van der Waals surface area contributed by atoms with Gasteiger partial charge in [-0.2, -0.15) is 0 Å². The molecule has 0 aliphatic rings. The van der Waals surface area contributed by atoms with Gasteiger partial charge >= 0.3 is 5.97 Å². The van der Waals surface area contributed by atoms with Crippen molar-refractivity contribution < 1.29 is 19.1 Å². The summed E-state index contributed by atoms with van der Waals surface area (Å²) >= 11 is 3.33. The highest BCUT2D eigenvalue weighted by atomic mass is 79.9. The highest BCUT2D eigenvalue weighted by Crippen LogP contribution is 2.17. The Morgan fingerprint density at radius 3 is 2.10 bits per heavy atom. The van der Waals surface area contributed by atoms with Crippen molar-refractivity contribution in [1.82, 2.24) is 5.32 Å². The summed E-state index contributed by atoms with van der Waals surface area (Å²) in [5, 5.41) is 2.52. The SMILES string of the molecule is O=C(CNC(=O)c1ccccc1C(=O)c1ccc(Br)cc1)OCc1ccccc1. The van der Waals surface area contributed by atoms with Gasteiger partial charge in [-0.15, -0.1) is 0 Å². The van der Waals surface area contributed by atoms with E-state index in [0.717, 1.165) is 10.0 Å². The quantitative estimate of drug-likeness (QED) is 0.432. The maximum Gasteiger partial charge on any atom is 0.325 e. The van der Waals surface area contributed by atoms with E-state index in [1.165, 1.54) is 0 Å². The lowest BCUT2D eigenvalue weighted by molar-refractivity contribution is -0.143. The summed E-state index contributed by atoms with van der Waals surface area (Å²) in [6.45, 7) is -0.152. The molecule has 3 aromatic carbocycles. The number of hydrogen-bond acceptors (Lipinski definition) is 4. The topological polar surface area (TPSA) is 72.5 Å². The minimum absolute atomic E-state index is 0.133. The second kappa shape index (κ2) is 9.80. The van der Waals surface area contributed by atoms with Crippen LogP contribution in [-0.4, -0.2) is 24.2 Å². The van der Waals surface area contributed by atoms with Crippen LogP contribution in [0.5, 0.6) is 0 Å². The molecule has 0 fully saturated rings. The lowest BCUT2D eigenvalue weighted by Crippen LogP contribution is -2.31. The number of halogens is 1. The molecular weight excluding hydrogens is 434 g/mol. The molecule has 0 bridgehead atoms. The molecule has 3 aromatic rings. The maximum atomic E-state index is 12.8.